The molecule has 1 aliphatic rings. The van der Waals surface area contributed by atoms with Crippen LogP contribution >= 0.6 is 0 Å². The van der Waals surface area contributed by atoms with Gasteiger partial charge in [-0.3, -0.25) is 14.4 Å². The van der Waals surface area contributed by atoms with Crippen LogP contribution in [-0.4, -0.2) is 30.7 Å². The maximum absolute atomic E-state index is 12.7. The number of hydrogen-bond acceptors (Lipinski definition) is 5. The molecule has 3 aromatic rings. The van der Waals surface area contributed by atoms with Gasteiger partial charge in [0.1, 0.15) is 0 Å². The van der Waals surface area contributed by atoms with Gasteiger partial charge < -0.3 is 4.74 Å². The number of rotatable bonds is 4. The van der Waals surface area contributed by atoms with E-state index in [-0.39, 0.29) is 17.6 Å². The van der Waals surface area contributed by atoms with Gasteiger partial charge in [0.15, 0.2) is 5.78 Å². The number of carbonyl (C=O) groups is 4. The minimum absolute atomic E-state index is 0.240. The molecule has 1 aliphatic heterocycles. The highest BCUT2D eigenvalue weighted by atomic mass is 16.5. The third kappa shape index (κ3) is 3.10. The highest BCUT2D eigenvalue weighted by Crippen LogP contribution is 2.28. The third-order valence-electron chi connectivity index (χ3n) is 4.75. The van der Waals surface area contributed by atoms with Gasteiger partial charge in [0.05, 0.1) is 29.5 Å². The van der Waals surface area contributed by atoms with Crippen LogP contribution in [0.5, 0.6) is 0 Å². The first-order chi connectivity index (χ1) is 14.0. The maximum atomic E-state index is 12.7. The summed E-state index contributed by atoms with van der Waals surface area (Å²) in [5.41, 5.74) is 2.29. The molecule has 3 aromatic carbocycles. The molecule has 6 heteroatoms. The number of ketones is 1. The predicted molar refractivity (Wildman–Crippen MR) is 105 cm³/mol. The molecule has 4 rings (SSSR count). The van der Waals surface area contributed by atoms with Crippen molar-refractivity contribution in [1.29, 1.82) is 0 Å². The van der Waals surface area contributed by atoms with Crippen LogP contribution in [0.1, 0.15) is 47.0 Å². The van der Waals surface area contributed by atoms with Crippen LogP contribution in [0.2, 0.25) is 0 Å². The van der Waals surface area contributed by atoms with E-state index in [1.165, 1.54) is 19.2 Å². The molecule has 0 unspecified atom stereocenters. The first-order valence-electron chi connectivity index (χ1n) is 8.82. The number of imide groups is 1. The zero-order valence-electron chi connectivity index (χ0n) is 15.4. The number of fused-ring (bicyclic) bond motifs is 1. The van der Waals surface area contributed by atoms with E-state index < -0.39 is 5.97 Å². The van der Waals surface area contributed by atoms with Crippen molar-refractivity contribution in [3.63, 3.8) is 0 Å². The molecule has 0 saturated carbocycles. The lowest BCUT2D eigenvalue weighted by Crippen LogP contribution is -2.29. The molecular weight excluding hydrogens is 370 g/mol. The van der Waals surface area contributed by atoms with E-state index in [4.69, 9.17) is 0 Å². The Kier molecular flexibility index (Phi) is 4.52. The van der Waals surface area contributed by atoms with Crippen LogP contribution in [0.3, 0.4) is 0 Å². The fourth-order valence-corrected chi connectivity index (χ4v) is 3.23. The summed E-state index contributed by atoms with van der Waals surface area (Å²) in [6, 6.07) is 19.1. The molecule has 0 bridgehead atoms. The molecule has 0 aliphatic carbocycles. The Morgan fingerprint density at radius 2 is 1.14 bits per heavy atom. The Balaban J connectivity index is 1.57. The average Bonchev–Trinajstić information content (AvgIpc) is 3.03. The minimum Gasteiger partial charge on any atom is -0.465 e. The maximum Gasteiger partial charge on any atom is 0.337 e. The van der Waals surface area contributed by atoms with Gasteiger partial charge in [0, 0.05) is 11.1 Å². The Morgan fingerprint density at radius 1 is 0.690 bits per heavy atom. The van der Waals surface area contributed by atoms with Gasteiger partial charge in [-0.25, -0.2) is 9.69 Å². The summed E-state index contributed by atoms with van der Waals surface area (Å²) in [4.78, 5) is 50.4. The molecular formula is C23H15NO5. The Labute approximate surface area is 166 Å². The molecule has 2 amide bonds. The van der Waals surface area contributed by atoms with Crippen molar-refractivity contribution in [3.8, 4) is 0 Å². The lowest BCUT2D eigenvalue weighted by Gasteiger charge is -2.14. The molecule has 142 valence electrons. The Hall–Kier alpha value is -4.06. The molecule has 0 spiro atoms. The van der Waals surface area contributed by atoms with Gasteiger partial charge in [0.25, 0.3) is 11.8 Å². The number of anilines is 1. The molecule has 0 atom stereocenters. The van der Waals surface area contributed by atoms with Crippen molar-refractivity contribution in [2.24, 2.45) is 0 Å². The lowest BCUT2D eigenvalue weighted by molar-refractivity contribution is 0.0600. The largest absolute Gasteiger partial charge is 0.465 e. The van der Waals surface area contributed by atoms with Crippen LogP contribution in [0.25, 0.3) is 0 Å². The van der Waals surface area contributed by atoms with E-state index >= 15 is 0 Å². The first kappa shape index (κ1) is 18.3. The van der Waals surface area contributed by atoms with Gasteiger partial charge in [-0.1, -0.05) is 24.3 Å². The third-order valence-corrected chi connectivity index (χ3v) is 4.75. The van der Waals surface area contributed by atoms with Crippen molar-refractivity contribution in [2.75, 3.05) is 12.0 Å². The smallest absolute Gasteiger partial charge is 0.337 e. The molecule has 0 saturated heterocycles. The van der Waals surface area contributed by atoms with Gasteiger partial charge in [-0.05, 0) is 48.5 Å². The monoisotopic (exact) mass is 385 g/mol. The van der Waals surface area contributed by atoms with E-state index in [2.05, 4.69) is 4.74 Å². The molecule has 1 heterocycles. The van der Waals surface area contributed by atoms with Crippen LogP contribution in [0.4, 0.5) is 5.69 Å². The molecule has 0 radical (unpaired) electrons. The SMILES string of the molecule is COC(=O)c1ccc(C(=O)c2ccc(N3C(=O)c4ccccc4C3=O)cc2)cc1. The summed E-state index contributed by atoms with van der Waals surface area (Å²) in [5.74, 6) is -1.49. The van der Waals surface area contributed by atoms with Crippen LogP contribution in [0.15, 0.2) is 72.8 Å². The number of nitrogens with zero attached hydrogens (tertiary/aromatic N) is 1. The Morgan fingerprint density at radius 3 is 1.62 bits per heavy atom. The van der Waals surface area contributed by atoms with Crippen molar-refractivity contribution in [3.05, 3.63) is 101 Å². The van der Waals surface area contributed by atoms with E-state index in [0.29, 0.717) is 33.5 Å². The van der Waals surface area contributed by atoms with Crippen molar-refractivity contribution in [2.45, 2.75) is 0 Å². The zero-order valence-corrected chi connectivity index (χ0v) is 15.4. The number of amides is 2. The number of benzene rings is 3. The second-order valence-corrected chi connectivity index (χ2v) is 6.44. The predicted octanol–water partition coefficient (Wildman–Crippen LogP) is 3.50. The zero-order chi connectivity index (χ0) is 20.5. The lowest BCUT2D eigenvalue weighted by atomic mass is 10.0. The number of ether oxygens (including phenoxy) is 1. The van der Waals surface area contributed by atoms with E-state index in [0.717, 1.165) is 4.90 Å². The first-order valence-corrected chi connectivity index (χ1v) is 8.82. The highest BCUT2D eigenvalue weighted by Gasteiger charge is 2.36. The Bertz CT molecular complexity index is 1110. The quantitative estimate of drug-likeness (QED) is 0.390. The van der Waals surface area contributed by atoms with Crippen LogP contribution in [-0.2, 0) is 4.74 Å². The summed E-state index contributed by atoms with van der Waals surface area (Å²) in [6.45, 7) is 0. The summed E-state index contributed by atoms with van der Waals surface area (Å²) >= 11 is 0. The molecule has 0 N–H and O–H groups in total. The normalized spacial score (nSPS) is 12.7. The van der Waals surface area contributed by atoms with Crippen molar-refractivity contribution in [1.82, 2.24) is 0 Å². The average molecular weight is 385 g/mol. The highest BCUT2D eigenvalue weighted by molar-refractivity contribution is 6.34. The van der Waals surface area contributed by atoms with Gasteiger partial charge >= 0.3 is 5.97 Å². The molecule has 0 aromatic heterocycles. The van der Waals surface area contributed by atoms with E-state index in [1.807, 2.05) is 0 Å². The second kappa shape index (κ2) is 7.16. The van der Waals surface area contributed by atoms with Crippen molar-refractivity contribution >= 4 is 29.3 Å². The van der Waals surface area contributed by atoms with Gasteiger partial charge in [0.2, 0.25) is 0 Å². The van der Waals surface area contributed by atoms with E-state index in [1.54, 1.807) is 60.7 Å². The van der Waals surface area contributed by atoms with E-state index in [9.17, 15) is 19.2 Å². The van der Waals surface area contributed by atoms with Crippen LogP contribution < -0.4 is 4.90 Å². The standard InChI is InChI=1S/C23H15NO5/c1-29-23(28)16-8-6-14(7-9-16)20(25)15-10-12-17(13-11-15)24-21(26)18-4-2-3-5-19(18)22(24)27/h2-13H,1H3. The van der Waals surface area contributed by atoms with Crippen LogP contribution in [0, 0.1) is 0 Å². The summed E-state index contributed by atoms with van der Waals surface area (Å²) in [7, 11) is 1.29. The molecule has 6 nitrogen and oxygen atoms in total. The van der Waals surface area contributed by atoms with Crippen molar-refractivity contribution < 1.29 is 23.9 Å². The summed E-state index contributed by atoms with van der Waals surface area (Å²) in [6.07, 6.45) is 0. The second-order valence-electron chi connectivity index (χ2n) is 6.44. The van der Waals surface area contributed by atoms with Gasteiger partial charge in [-0.2, -0.15) is 0 Å². The fourth-order valence-electron chi connectivity index (χ4n) is 3.23. The number of hydrogen-bond donors (Lipinski definition) is 0. The summed E-state index contributed by atoms with van der Waals surface area (Å²) < 4.78 is 4.64. The minimum atomic E-state index is -0.478. The number of carbonyl (C=O) groups excluding carboxylic acids is 4. The molecule has 0 fully saturated rings. The fraction of sp³-hybridized carbons (Fsp3) is 0.0435. The summed E-state index contributed by atoms with van der Waals surface area (Å²) in [5, 5.41) is 0. The topological polar surface area (TPSA) is 80.8 Å². The molecule has 29 heavy (non-hydrogen) atoms. The van der Waals surface area contributed by atoms with Gasteiger partial charge in [-0.15, -0.1) is 0 Å². The number of esters is 1. The number of methoxy groups -OCH3 is 1.